The van der Waals surface area contributed by atoms with Crippen molar-refractivity contribution in [2.24, 2.45) is 5.92 Å². The van der Waals surface area contributed by atoms with E-state index in [1.807, 2.05) is 0 Å². The van der Waals surface area contributed by atoms with Gasteiger partial charge in [0.05, 0.1) is 11.6 Å². The van der Waals surface area contributed by atoms with Crippen LogP contribution in [0.5, 0.6) is 11.5 Å². The molecule has 0 spiro atoms. The Balaban J connectivity index is 1.48. The summed E-state index contributed by atoms with van der Waals surface area (Å²) in [6, 6.07) is 9.65. The van der Waals surface area contributed by atoms with Crippen LogP contribution < -0.4 is 19.7 Å². The van der Waals surface area contributed by atoms with Gasteiger partial charge >= 0.3 is 0 Å². The Kier molecular flexibility index (Phi) is 4.73. The molecular weight excluding hydrogens is 419 g/mol. The molecule has 2 amide bonds. The van der Waals surface area contributed by atoms with Crippen LogP contribution in [-0.4, -0.2) is 31.6 Å². The number of nitrogens with zero attached hydrogens (tertiary/aromatic N) is 1. The van der Waals surface area contributed by atoms with E-state index in [9.17, 15) is 14.0 Å². The molecule has 4 rings (SSSR count). The average molecular weight is 435 g/mol. The van der Waals surface area contributed by atoms with Gasteiger partial charge in [-0.2, -0.15) is 0 Å². The summed E-state index contributed by atoms with van der Waals surface area (Å²) in [5.74, 6) is -0.430. The molecule has 140 valence electrons. The maximum absolute atomic E-state index is 13.9. The molecule has 0 unspecified atom stereocenters. The number of amides is 2. The fourth-order valence-electron chi connectivity index (χ4n) is 3.16. The van der Waals surface area contributed by atoms with Gasteiger partial charge in [0.2, 0.25) is 11.8 Å². The molecular formula is C19H16BrFN2O4. The van der Waals surface area contributed by atoms with Crippen LogP contribution in [0.4, 0.5) is 15.8 Å². The highest BCUT2D eigenvalue weighted by Gasteiger charge is 2.35. The van der Waals surface area contributed by atoms with Crippen molar-refractivity contribution in [3.63, 3.8) is 0 Å². The Morgan fingerprint density at radius 3 is 2.70 bits per heavy atom. The first-order valence-electron chi connectivity index (χ1n) is 8.47. The summed E-state index contributed by atoms with van der Waals surface area (Å²) in [5, 5.41) is 2.56. The Labute approximate surface area is 163 Å². The van der Waals surface area contributed by atoms with Crippen molar-refractivity contribution in [3.05, 3.63) is 46.7 Å². The molecule has 2 aliphatic heterocycles. The Bertz CT molecular complexity index is 921. The zero-order chi connectivity index (χ0) is 19.0. The van der Waals surface area contributed by atoms with Gasteiger partial charge in [-0.15, -0.1) is 0 Å². The summed E-state index contributed by atoms with van der Waals surface area (Å²) in [4.78, 5) is 26.5. The second-order valence-corrected chi connectivity index (χ2v) is 7.26. The van der Waals surface area contributed by atoms with Gasteiger partial charge in [0.1, 0.15) is 19.0 Å². The number of rotatable bonds is 3. The van der Waals surface area contributed by atoms with Crippen LogP contribution in [0.15, 0.2) is 40.9 Å². The second-order valence-electron chi connectivity index (χ2n) is 6.35. The first kappa shape index (κ1) is 17.8. The molecule has 0 radical (unpaired) electrons. The van der Waals surface area contributed by atoms with Gasteiger partial charge in [0.25, 0.3) is 0 Å². The van der Waals surface area contributed by atoms with Gasteiger partial charge in [0, 0.05) is 29.2 Å². The van der Waals surface area contributed by atoms with Gasteiger partial charge in [0.15, 0.2) is 11.5 Å². The lowest BCUT2D eigenvalue weighted by Crippen LogP contribution is -2.28. The lowest BCUT2D eigenvalue weighted by molar-refractivity contribution is -0.122. The Hall–Kier alpha value is -2.61. The lowest BCUT2D eigenvalue weighted by Gasteiger charge is -2.22. The number of fused-ring (bicyclic) bond motifs is 1. The SMILES string of the molecule is O=C(Nc1ccc(Br)cc1F)[C@H]1CC(=O)N(c2ccc3c(c2)OCCO3)C1. The summed E-state index contributed by atoms with van der Waals surface area (Å²) in [6.45, 7) is 1.17. The number of anilines is 2. The van der Waals surface area contributed by atoms with Crippen LogP contribution in [0.3, 0.4) is 0 Å². The minimum Gasteiger partial charge on any atom is -0.486 e. The minimum atomic E-state index is -0.561. The lowest BCUT2D eigenvalue weighted by atomic mass is 10.1. The molecule has 6 nitrogen and oxygen atoms in total. The van der Waals surface area contributed by atoms with E-state index < -0.39 is 11.7 Å². The van der Waals surface area contributed by atoms with Crippen LogP contribution >= 0.6 is 15.9 Å². The van der Waals surface area contributed by atoms with Crippen molar-refractivity contribution < 1.29 is 23.5 Å². The molecule has 2 aromatic rings. The number of carbonyl (C=O) groups is 2. The van der Waals surface area contributed by atoms with Crippen molar-refractivity contribution in [2.45, 2.75) is 6.42 Å². The molecule has 0 aromatic heterocycles. The van der Waals surface area contributed by atoms with E-state index in [4.69, 9.17) is 9.47 Å². The van der Waals surface area contributed by atoms with Crippen molar-refractivity contribution in [3.8, 4) is 11.5 Å². The highest BCUT2D eigenvalue weighted by Crippen LogP contribution is 2.36. The van der Waals surface area contributed by atoms with Crippen molar-refractivity contribution in [1.82, 2.24) is 0 Å². The molecule has 1 saturated heterocycles. The topological polar surface area (TPSA) is 67.9 Å². The number of carbonyl (C=O) groups excluding carboxylic acids is 2. The van der Waals surface area contributed by atoms with Gasteiger partial charge in [-0.05, 0) is 30.3 Å². The third-order valence-corrected chi connectivity index (χ3v) is 5.02. The van der Waals surface area contributed by atoms with Crippen molar-refractivity contribution in [1.29, 1.82) is 0 Å². The minimum absolute atomic E-state index is 0.0679. The van der Waals surface area contributed by atoms with Crippen LogP contribution in [0.2, 0.25) is 0 Å². The maximum atomic E-state index is 13.9. The van der Waals surface area contributed by atoms with Gasteiger partial charge < -0.3 is 19.7 Å². The summed E-state index contributed by atoms with van der Waals surface area (Å²) in [5.41, 5.74) is 0.739. The van der Waals surface area contributed by atoms with Gasteiger partial charge in [-0.25, -0.2) is 4.39 Å². The van der Waals surface area contributed by atoms with E-state index in [1.165, 1.54) is 12.1 Å². The van der Waals surface area contributed by atoms with Gasteiger partial charge in [-0.3, -0.25) is 9.59 Å². The molecule has 8 heteroatoms. The molecule has 1 fully saturated rings. The molecule has 2 heterocycles. The molecule has 1 N–H and O–H groups in total. The largest absolute Gasteiger partial charge is 0.486 e. The third-order valence-electron chi connectivity index (χ3n) is 4.52. The summed E-state index contributed by atoms with van der Waals surface area (Å²) in [7, 11) is 0. The molecule has 0 bridgehead atoms. The number of hydrogen-bond donors (Lipinski definition) is 1. The molecule has 0 aliphatic carbocycles. The molecule has 2 aliphatic rings. The molecule has 1 atom stereocenters. The van der Waals surface area contributed by atoms with E-state index in [0.717, 1.165) is 0 Å². The zero-order valence-electron chi connectivity index (χ0n) is 14.2. The van der Waals surface area contributed by atoms with Gasteiger partial charge in [-0.1, -0.05) is 15.9 Å². The zero-order valence-corrected chi connectivity index (χ0v) is 15.8. The predicted octanol–water partition coefficient (Wildman–Crippen LogP) is 3.35. The quantitative estimate of drug-likeness (QED) is 0.803. The van der Waals surface area contributed by atoms with Crippen LogP contribution in [0.25, 0.3) is 0 Å². The standard InChI is InChI=1S/C19H16BrFN2O4/c20-12-1-3-15(14(21)8-12)22-19(25)11-7-18(24)23(10-11)13-2-4-16-17(9-13)27-6-5-26-16/h1-4,8-9,11H,5-7,10H2,(H,22,25)/t11-/m0/s1. The van der Waals surface area contributed by atoms with E-state index in [-0.39, 0.29) is 30.5 Å². The first-order chi connectivity index (χ1) is 13.0. The maximum Gasteiger partial charge on any atom is 0.229 e. The highest BCUT2D eigenvalue weighted by molar-refractivity contribution is 9.10. The number of benzene rings is 2. The summed E-state index contributed by atoms with van der Waals surface area (Å²) >= 11 is 3.17. The van der Waals surface area contributed by atoms with E-state index in [2.05, 4.69) is 21.2 Å². The van der Waals surface area contributed by atoms with Crippen LogP contribution in [-0.2, 0) is 9.59 Å². The normalized spacial score (nSPS) is 18.5. The van der Waals surface area contributed by atoms with E-state index in [0.29, 0.717) is 34.9 Å². The fourth-order valence-corrected chi connectivity index (χ4v) is 3.49. The monoisotopic (exact) mass is 434 g/mol. The number of nitrogens with one attached hydrogen (secondary N) is 1. The smallest absolute Gasteiger partial charge is 0.229 e. The second kappa shape index (κ2) is 7.19. The molecule has 0 saturated carbocycles. The third kappa shape index (κ3) is 3.62. The van der Waals surface area contributed by atoms with Crippen molar-refractivity contribution in [2.75, 3.05) is 30.0 Å². The number of hydrogen-bond acceptors (Lipinski definition) is 4. The molecule has 2 aromatic carbocycles. The Morgan fingerprint density at radius 2 is 1.93 bits per heavy atom. The highest BCUT2D eigenvalue weighted by atomic mass is 79.9. The number of halogens is 2. The summed E-state index contributed by atoms with van der Waals surface area (Å²) < 4.78 is 25.5. The van der Waals surface area contributed by atoms with Crippen molar-refractivity contribution >= 4 is 39.1 Å². The molecule has 27 heavy (non-hydrogen) atoms. The summed E-state index contributed by atoms with van der Waals surface area (Å²) in [6.07, 6.45) is 0.0679. The van der Waals surface area contributed by atoms with Crippen LogP contribution in [0.1, 0.15) is 6.42 Å². The van der Waals surface area contributed by atoms with Crippen LogP contribution in [0, 0.1) is 11.7 Å². The fraction of sp³-hybridized carbons (Fsp3) is 0.263. The first-order valence-corrected chi connectivity index (χ1v) is 9.26. The predicted molar refractivity (Wildman–Crippen MR) is 101 cm³/mol. The van der Waals surface area contributed by atoms with E-state index >= 15 is 0 Å². The van der Waals surface area contributed by atoms with E-state index in [1.54, 1.807) is 29.2 Å². The number of ether oxygens (including phenoxy) is 2. The average Bonchev–Trinajstić information content (AvgIpc) is 3.05. The Morgan fingerprint density at radius 1 is 1.15 bits per heavy atom.